The Morgan fingerprint density at radius 3 is 1.89 bits per heavy atom. The average Bonchev–Trinajstić information content (AvgIpc) is 1.61. The zero-order valence-corrected chi connectivity index (χ0v) is 8.91. The molecular weight excluding hydrogens is 185 g/mol. The molecule has 0 saturated carbocycles. The van der Waals surface area contributed by atoms with Crippen molar-refractivity contribution >= 4 is 0 Å². The van der Waals surface area contributed by atoms with Crippen molar-refractivity contribution in [3.63, 3.8) is 0 Å². The van der Waals surface area contributed by atoms with Gasteiger partial charge in [-0.2, -0.15) is 36.5 Å². The van der Waals surface area contributed by atoms with Gasteiger partial charge in [0.05, 0.1) is 0 Å². The molecule has 1 heteroatoms. The molecule has 0 rings (SSSR count). The van der Waals surface area contributed by atoms with Crippen LogP contribution in [0.2, 0.25) is 0 Å². The first-order valence-corrected chi connectivity index (χ1v) is 2.53. The van der Waals surface area contributed by atoms with E-state index in [1.54, 1.807) is 0 Å². The Labute approximate surface area is 82.6 Å². The summed E-state index contributed by atoms with van der Waals surface area (Å²) in [5.41, 5.74) is 1.95. The maximum Gasteiger partial charge on any atom is 0 e. The van der Waals surface area contributed by atoms with Crippen LogP contribution in [0.15, 0.2) is 30.4 Å². The predicted molar refractivity (Wildman–Crippen MR) is 37.4 cm³/mol. The minimum Gasteiger partial charge on any atom is -0.191 e. The van der Waals surface area contributed by atoms with Crippen LogP contribution < -0.4 is 0 Å². The van der Waals surface area contributed by atoms with E-state index < -0.39 is 0 Å². The smallest absolute Gasteiger partial charge is 0 e. The first-order chi connectivity index (χ1) is 3.63. The van der Waals surface area contributed by atoms with Crippen LogP contribution in [0, 0.1) is 6.08 Å². The van der Waals surface area contributed by atoms with E-state index in [1.165, 1.54) is 0 Å². The van der Waals surface area contributed by atoms with Crippen LogP contribution in [-0.4, -0.2) is 0 Å². The summed E-state index contributed by atoms with van der Waals surface area (Å²) in [6, 6.07) is 0. The monoisotopic (exact) mass is 196 g/mol. The van der Waals surface area contributed by atoms with Crippen LogP contribution in [0.1, 0.15) is 13.8 Å². The number of hydrogen-bond acceptors (Lipinski definition) is 0. The third-order valence-corrected chi connectivity index (χ3v) is 0.565. The van der Waals surface area contributed by atoms with E-state index in [9.17, 15) is 0 Å². The molecule has 0 nitrogen and oxygen atoms in total. The Kier molecular flexibility index (Phi) is 8.62. The van der Waals surface area contributed by atoms with E-state index in [1.807, 2.05) is 19.9 Å². The van der Waals surface area contributed by atoms with Gasteiger partial charge >= 0.3 is 0 Å². The zero-order chi connectivity index (χ0) is 6.57. The minimum absolute atomic E-state index is 0. The first-order valence-electron chi connectivity index (χ1n) is 2.53. The molecule has 0 spiro atoms. The molecule has 0 bridgehead atoms. The van der Waals surface area contributed by atoms with Crippen LogP contribution >= 0.6 is 0 Å². The van der Waals surface area contributed by atoms with Crippen molar-refractivity contribution in [3.05, 3.63) is 36.5 Å². The molecule has 0 heterocycles. The Hall–Kier alpha value is 0.324. The fourth-order valence-corrected chi connectivity index (χ4v) is 0.246. The van der Waals surface area contributed by atoms with Gasteiger partial charge in [0.15, 0.2) is 0 Å². The van der Waals surface area contributed by atoms with Crippen LogP contribution in [0.25, 0.3) is 0 Å². The van der Waals surface area contributed by atoms with Crippen molar-refractivity contribution in [1.82, 2.24) is 0 Å². The second-order valence-corrected chi connectivity index (χ2v) is 1.92. The number of hydrogen-bond donors (Lipinski definition) is 0. The minimum atomic E-state index is 0. The molecule has 0 N–H and O–H groups in total. The molecule has 9 heavy (non-hydrogen) atoms. The van der Waals surface area contributed by atoms with Gasteiger partial charge in [0.25, 0.3) is 0 Å². The quantitative estimate of drug-likeness (QED) is 0.470. The standard InChI is InChI=1S/C8H11.Y/c1-7(2)5-6-8(3)4;/h5H,1,3H2,2,4H3;/q-1;. The van der Waals surface area contributed by atoms with Crippen molar-refractivity contribution in [1.29, 1.82) is 0 Å². The molecule has 1 radical (unpaired) electrons. The van der Waals surface area contributed by atoms with E-state index in [0.717, 1.165) is 11.1 Å². The van der Waals surface area contributed by atoms with E-state index in [2.05, 4.69) is 19.2 Å². The van der Waals surface area contributed by atoms with Crippen molar-refractivity contribution < 1.29 is 32.7 Å². The summed E-state index contributed by atoms with van der Waals surface area (Å²) in [5, 5.41) is 0. The second kappa shape index (κ2) is 6.44. The van der Waals surface area contributed by atoms with Crippen LogP contribution in [0.3, 0.4) is 0 Å². The third-order valence-electron chi connectivity index (χ3n) is 0.565. The number of allylic oxidation sites excluding steroid dienone is 4. The molecule has 0 aromatic rings. The predicted octanol–water partition coefficient (Wildman–Crippen LogP) is 2.50. The van der Waals surface area contributed by atoms with Gasteiger partial charge in [-0.25, -0.2) is 0 Å². The molecule has 0 amide bonds. The normalized spacial score (nSPS) is 8.67. The van der Waals surface area contributed by atoms with Crippen molar-refractivity contribution in [2.24, 2.45) is 0 Å². The summed E-state index contributed by atoms with van der Waals surface area (Å²) in [5.74, 6) is 0. The van der Waals surface area contributed by atoms with Crippen LogP contribution in [0.5, 0.6) is 0 Å². The molecule has 0 fully saturated rings. The van der Waals surface area contributed by atoms with Gasteiger partial charge in [0.2, 0.25) is 0 Å². The molecular formula is C8H11Y-. The first kappa shape index (κ1) is 12.0. The van der Waals surface area contributed by atoms with Gasteiger partial charge < -0.3 is 0 Å². The van der Waals surface area contributed by atoms with E-state index in [4.69, 9.17) is 0 Å². The van der Waals surface area contributed by atoms with Gasteiger partial charge in [-0.3, -0.25) is 0 Å². The molecule has 0 aromatic heterocycles. The van der Waals surface area contributed by atoms with Gasteiger partial charge in [-0.05, 0) is 0 Å². The maximum atomic E-state index is 3.67. The average molecular weight is 196 g/mol. The van der Waals surface area contributed by atoms with Gasteiger partial charge in [-0.1, -0.05) is 13.8 Å². The van der Waals surface area contributed by atoms with E-state index in [-0.39, 0.29) is 32.7 Å². The fraction of sp³-hybridized carbons (Fsp3) is 0.250. The molecule has 0 aromatic carbocycles. The summed E-state index contributed by atoms with van der Waals surface area (Å²) >= 11 is 0. The molecule has 0 aliphatic heterocycles. The van der Waals surface area contributed by atoms with E-state index in [0.29, 0.717) is 0 Å². The van der Waals surface area contributed by atoms with Crippen molar-refractivity contribution in [3.8, 4) is 0 Å². The molecule has 0 aliphatic carbocycles. The fourth-order valence-electron chi connectivity index (χ4n) is 0.246. The van der Waals surface area contributed by atoms with Gasteiger partial charge in [0, 0.05) is 32.7 Å². The number of rotatable bonds is 2. The second-order valence-electron chi connectivity index (χ2n) is 1.92. The molecule has 0 aliphatic rings. The van der Waals surface area contributed by atoms with Gasteiger partial charge in [0.1, 0.15) is 0 Å². The Morgan fingerprint density at radius 2 is 1.78 bits per heavy atom. The summed E-state index contributed by atoms with van der Waals surface area (Å²) in [7, 11) is 0. The third kappa shape index (κ3) is 11.7. The molecule has 0 unspecified atom stereocenters. The SMILES string of the molecule is C=C(C)[C-]=CC(=C)C.[Y]. The van der Waals surface area contributed by atoms with Gasteiger partial charge in [-0.15, -0.1) is 0 Å². The Balaban J connectivity index is 0. The maximum absolute atomic E-state index is 3.67. The largest absolute Gasteiger partial charge is 0.191 e. The Bertz CT molecular complexity index is 116. The molecule has 0 atom stereocenters. The van der Waals surface area contributed by atoms with Crippen molar-refractivity contribution in [2.75, 3.05) is 0 Å². The topological polar surface area (TPSA) is 0 Å². The Morgan fingerprint density at radius 1 is 1.33 bits per heavy atom. The summed E-state index contributed by atoms with van der Waals surface area (Å²) in [4.78, 5) is 0. The van der Waals surface area contributed by atoms with Crippen LogP contribution in [0.4, 0.5) is 0 Å². The summed E-state index contributed by atoms with van der Waals surface area (Å²) < 4.78 is 0. The summed E-state index contributed by atoms with van der Waals surface area (Å²) in [6.45, 7) is 11.1. The molecule has 47 valence electrons. The van der Waals surface area contributed by atoms with Crippen molar-refractivity contribution in [2.45, 2.75) is 13.8 Å². The summed E-state index contributed by atoms with van der Waals surface area (Å²) in [6.07, 6.45) is 4.75. The van der Waals surface area contributed by atoms with E-state index >= 15 is 0 Å². The van der Waals surface area contributed by atoms with Crippen LogP contribution in [-0.2, 0) is 32.7 Å². The molecule has 0 saturated heterocycles. The zero-order valence-electron chi connectivity index (χ0n) is 6.07.